The first-order chi connectivity index (χ1) is 14.9. The van der Waals surface area contributed by atoms with Crippen LogP contribution < -0.4 is 15.8 Å². The molecule has 2 aromatic heterocycles. The van der Waals surface area contributed by atoms with Crippen LogP contribution in [0, 0.1) is 0 Å². The maximum atomic E-state index is 12.5. The summed E-state index contributed by atoms with van der Waals surface area (Å²) in [5, 5.41) is 8.25. The number of ether oxygens (including phenoxy) is 1. The third kappa shape index (κ3) is 4.47. The van der Waals surface area contributed by atoms with Crippen molar-refractivity contribution >= 4 is 40.6 Å². The average Bonchev–Trinajstić information content (AvgIpc) is 3.18. The fourth-order valence-electron chi connectivity index (χ4n) is 2.93. The van der Waals surface area contributed by atoms with E-state index in [1.807, 2.05) is 6.07 Å². The summed E-state index contributed by atoms with van der Waals surface area (Å²) < 4.78 is 6.60. The molecule has 0 fully saturated rings. The molecule has 0 spiro atoms. The van der Waals surface area contributed by atoms with Gasteiger partial charge in [0.15, 0.2) is 0 Å². The molecule has 4 aromatic rings. The number of halogens is 2. The van der Waals surface area contributed by atoms with Gasteiger partial charge < -0.3 is 15.8 Å². The van der Waals surface area contributed by atoms with Gasteiger partial charge in [-0.05, 0) is 42.5 Å². The van der Waals surface area contributed by atoms with Crippen molar-refractivity contribution in [3.8, 4) is 22.8 Å². The highest BCUT2D eigenvalue weighted by Gasteiger charge is 2.12. The number of pyridine rings is 1. The Balaban J connectivity index is 1.53. The quantitative estimate of drug-likeness (QED) is 0.438. The number of methoxy groups -OCH3 is 1. The third-order valence-electron chi connectivity index (χ3n) is 4.53. The highest BCUT2D eigenvalue weighted by atomic mass is 35.5. The highest BCUT2D eigenvalue weighted by Crippen LogP contribution is 2.29. The maximum absolute atomic E-state index is 12.5. The van der Waals surface area contributed by atoms with Crippen molar-refractivity contribution in [3.05, 3.63) is 82.5 Å². The van der Waals surface area contributed by atoms with Gasteiger partial charge in [0.1, 0.15) is 5.82 Å². The molecule has 0 saturated heterocycles. The summed E-state index contributed by atoms with van der Waals surface area (Å²) in [5.74, 6) is 0.658. The lowest BCUT2D eigenvalue weighted by Gasteiger charge is -2.08. The Bertz CT molecular complexity index is 1240. The first-order valence-electron chi connectivity index (χ1n) is 9.17. The molecular formula is C22H17Cl2N5O2. The number of rotatable bonds is 5. The van der Waals surface area contributed by atoms with Crippen molar-refractivity contribution in [2.24, 2.45) is 0 Å². The van der Waals surface area contributed by atoms with Crippen LogP contribution in [-0.2, 0) is 0 Å². The van der Waals surface area contributed by atoms with Crippen LogP contribution in [0.25, 0.3) is 16.9 Å². The number of nitrogen functional groups attached to an aromatic ring is 1. The smallest absolute Gasteiger partial charge is 0.255 e. The van der Waals surface area contributed by atoms with E-state index in [2.05, 4.69) is 15.4 Å². The number of amides is 1. The number of carbonyl (C=O) groups excluding carboxylic acids is 1. The van der Waals surface area contributed by atoms with E-state index in [-0.39, 0.29) is 5.91 Å². The van der Waals surface area contributed by atoms with Crippen LogP contribution in [0.2, 0.25) is 10.0 Å². The first-order valence-corrected chi connectivity index (χ1v) is 9.93. The lowest BCUT2D eigenvalue weighted by molar-refractivity contribution is 0.102. The summed E-state index contributed by atoms with van der Waals surface area (Å²) in [6, 6.07) is 17.3. The Hall–Kier alpha value is -3.55. The van der Waals surface area contributed by atoms with Crippen LogP contribution >= 0.6 is 23.2 Å². The fourth-order valence-corrected chi connectivity index (χ4v) is 3.23. The fraction of sp³-hybridized carbons (Fsp3) is 0.0455. The van der Waals surface area contributed by atoms with Crippen molar-refractivity contribution in [3.63, 3.8) is 0 Å². The van der Waals surface area contributed by atoms with Crippen molar-refractivity contribution < 1.29 is 9.53 Å². The molecule has 0 bridgehead atoms. The predicted molar refractivity (Wildman–Crippen MR) is 122 cm³/mol. The topological polar surface area (TPSA) is 95.1 Å². The van der Waals surface area contributed by atoms with Crippen LogP contribution in [0.1, 0.15) is 10.4 Å². The highest BCUT2D eigenvalue weighted by molar-refractivity contribution is 6.42. The van der Waals surface area contributed by atoms with E-state index in [9.17, 15) is 4.79 Å². The Kier molecular flexibility index (Phi) is 5.79. The average molecular weight is 454 g/mol. The monoisotopic (exact) mass is 453 g/mol. The summed E-state index contributed by atoms with van der Waals surface area (Å²) in [7, 11) is 1.53. The summed E-state index contributed by atoms with van der Waals surface area (Å²) in [5.41, 5.74) is 9.36. The zero-order valence-corrected chi connectivity index (χ0v) is 17.9. The van der Waals surface area contributed by atoms with E-state index in [4.69, 9.17) is 33.7 Å². The molecule has 4 rings (SSSR count). The Morgan fingerprint density at radius 2 is 1.81 bits per heavy atom. The summed E-state index contributed by atoms with van der Waals surface area (Å²) in [4.78, 5) is 16.6. The molecule has 0 saturated carbocycles. The number of hydrogen-bond acceptors (Lipinski definition) is 5. The van der Waals surface area contributed by atoms with Gasteiger partial charge in [0, 0.05) is 23.3 Å². The largest absolute Gasteiger partial charge is 0.481 e. The number of aromatic nitrogens is 3. The van der Waals surface area contributed by atoms with Gasteiger partial charge in [-0.25, -0.2) is 9.67 Å². The van der Waals surface area contributed by atoms with Gasteiger partial charge in [-0.1, -0.05) is 29.3 Å². The van der Waals surface area contributed by atoms with Crippen LogP contribution in [0.3, 0.4) is 0 Å². The van der Waals surface area contributed by atoms with E-state index in [1.54, 1.807) is 59.3 Å². The molecule has 0 unspecified atom stereocenters. The number of nitrogens with zero attached hydrogens (tertiary/aromatic N) is 3. The van der Waals surface area contributed by atoms with Crippen molar-refractivity contribution in [2.45, 2.75) is 0 Å². The van der Waals surface area contributed by atoms with Gasteiger partial charge in [0.05, 0.1) is 40.4 Å². The van der Waals surface area contributed by atoms with Gasteiger partial charge in [0.2, 0.25) is 5.88 Å². The predicted octanol–water partition coefficient (Wildman–Crippen LogP) is 5.08. The SMILES string of the molecule is COc1ccc(NC(=O)c2ccc(-n3nc(-c4ccc(Cl)c(Cl)c4)cc3N)cc2)cn1. The van der Waals surface area contributed by atoms with Gasteiger partial charge in [0.25, 0.3) is 5.91 Å². The van der Waals surface area contributed by atoms with E-state index in [0.717, 1.165) is 5.56 Å². The van der Waals surface area contributed by atoms with Crippen molar-refractivity contribution in [1.29, 1.82) is 0 Å². The third-order valence-corrected chi connectivity index (χ3v) is 5.27. The van der Waals surface area contributed by atoms with E-state index in [1.165, 1.54) is 13.3 Å². The van der Waals surface area contributed by atoms with E-state index in [0.29, 0.717) is 44.4 Å². The van der Waals surface area contributed by atoms with Gasteiger partial charge >= 0.3 is 0 Å². The van der Waals surface area contributed by atoms with Crippen molar-refractivity contribution in [1.82, 2.24) is 14.8 Å². The lowest BCUT2D eigenvalue weighted by Crippen LogP contribution is -2.12. The molecule has 0 aliphatic heterocycles. The molecule has 0 aliphatic carbocycles. The standard InChI is InChI=1S/C22H17Cl2N5O2/c1-31-21-9-5-15(12-26-21)27-22(30)13-2-6-16(7-3-13)29-20(25)11-19(28-29)14-4-8-17(23)18(24)10-14/h2-12H,25H2,1H3,(H,27,30). The lowest BCUT2D eigenvalue weighted by atomic mass is 10.1. The molecule has 31 heavy (non-hydrogen) atoms. The number of anilines is 2. The summed E-state index contributed by atoms with van der Waals surface area (Å²) in [6.07, 6.45) is 1.53. The van der Waals surface area contributed by atoms with Crippen LogP contribution in [-0.4, -0.2) is 27.8 Å². The van der Waals surface area contributed by atoms with E-state index < -0.39 is 0 Å². The van der Waals surface area contributed by atoms with E-state index >= 15 is 0 Å². The van der Waals surface area contributed by atoms with Crippen LogP contribution in [0.5, 0.6) is 5.88 Å². The van der Waals surface area contributed by atoms with Crippen LogP contribution in [0.15, 0.2) is 66.9 Å². The van der Waals surface area contributed by atoms with Gasteiger partial charge in [-0.3, -0.25) is 4.79 Å². The molecule has 1 amide bonds. The van der Waals surface area contributed by atoms with Crippen LogP contribution in [0.4, 0.5) is 11.5 Å². The zero-order valence-electron chi connectivity index (χ0n) is 16.3. The normalized spacial score (nSPS) is 10.7. The molecule has 0 aliphatic rings. The maximum Gasteiger partial charge on any atom is 0.255 e. The second-order valence-electron chi connectivity index (χ2n) is 6.59. The Morgan fingerprint density at radius 3 is 2.45 bits per heavy atom. The Labute approximate surface area is 188 Å². The Morgan fingerprint density at radius 1 is 1.03 bits per heavy atom. The molecule has 9 heteroatoms. The first kappa shape index (κ1) is 20.7. The molecule has 0 radical (unpaired) electrons. The number of benzene rings is 2. The summed E-state index contributed by atoms with van der Waals surface area (Å²) >= 11 is 12.1. The second kappa shape index (κ2) is 8.67. The number of carbonyl (C=O) groups is 1. The second-order valence-corrected chi connectivity index (χ2v) is 7.40. The number of nitrogens with two attached hydrogens (primary N) is 1. The minimum atomic E-state index is -0.261. The van der Waals surface area contributed by atoms with Crippen molar-refractivity contribution in [2.75, 3.05) is 18.2 Å². The molecule has 2 heterocycles. The zero-order chi connectivity index (χ0) is 22.0. The molecule has 7 nitrogen and oxygen atoms in total. The minimum Gasteiger partial charge on any atom is -0.481 e. The molecule has 0 atom stereocenters. The van der Waals surface area contributed by atoms with Gasteiger partial charge in [-0.2, -0.15) is 5.10 Å². The number of nitrogens with one attached hydrogen (secondary N) is 1. The summed E-state index contributed by atoms with van der Waals surface area (Å²) in [6.45, 7) is 0. The number of hydrogen-bond donors (Lipinski definition) is 2. The molecule has 156 valence electrons. The van der Waals surface area contributed by atoms with Gasteiger partial charge in [-0.15, -0.1) is 0 Å². The minimum absolute atomic E-state index is 0.261. The molecule has 2 aromatic carbocycles. The molecular weight excluding hydrogens is 437 g/mol. The molecule has 3 N–H and O–H groups in total.